The lowest BCUT2D eigenvalue weighted by atomic mass is 10.0. The van der Waals surface area contributed by atoms with Gasteiger partial charge in [0.05, 0.1) is 7.11 Å². The molecule has 118 valence electrons. The molecule has 1 atom stereocenters. The lowest BCUT2D eigenvalue weighted by Gasteiger charge is -2.39. The van der Waals surface area contributed by atoms with E-state index in [1.54, 1.807) is 13.2 Å². The van der Waals surface area contributed by atoms with Gasteiger partial charge in [0.15, 0.2) is 0 Å². The standard InChI is InChI=1S/C17H28N2O2/c1-13(2)12-18-7-9-19(10-8-18)14(3)16-6-5-15(21-4)11-17(16)20/h5-6,11,13-14,20H,7-10,12H2,1-4H3. The van der Waals surface area contributed by atoms with Crippen molar-refractivity contribution in [3.63, 3.8) is 0 Å². The summed E-state index contributed by atoms with van der Waals surface area (Å²) in [7, 11) is 1.62. The molecule has 0 aromatic heterocycles. The normalized spacial score (nSPS) is 18.9. The first-order chi connectivity index (χ1) is 10.0. The molecule has 0 bridgehead atoms. The molecule has 1 heterocycles. The number of rotatable bonds is 5. The Balaban J connectivity index is 1.97. The Morgan fingerprint density at radius 2 is 1.81 bits per heavy atom. The maximum atomic E-state index is 10.2. The molecule has 0 saturated carbocycles. The van der Waals surface area contributed by atoms with Crippen molar-refractivity contribution >= 4 is 0 Å². The molecule has 1 aliphatic heterocycles. The highest BCUT2D eigenvalue weighted by atomic mass is 16.5. The molecule has 4 heteroatoms. The summed E-state index contributed by atoms with van der Waals surface area (Å²) in [6, 6.07) is 5.82. The molecule has 0 aliphatic carbocycles. The summed E-state index contributed by atoms with van der Waals surface area (Å²) in [5.41, 5.74) is 0.980. The Labute approximate surface area is 128 Å². The number of benzene rings is 1. The second kappa shape index (κ2) is 7.14. The number of phenolic OH excluding ortho intramolecular Hbond substituents is 1. The average molecular weight is 292 g/mol. The second-order valence-electron chi connectivity index (χ2n) is 6.33. The summed E-state index contributed by atoms with van der Waals surface area (Å²) in [4.78, 5) is 4.97. The minimum atomic E-state index is 0.233. The summed E-state index contributed by atoms with van der Waals surface area (Å²) in [6.45, 7) is 12.2. The molecule has 21 heavy (non-hydrogen) atoms. The molecule has 1 aromatic carbocycles. The number of hydrogen-bond donors (Lipinski definition) is 1. The van der Waals surface area contributed by atoms with Crippen LogP contribution in [0.2, 0.25) is 0 Å². The lowest BCUT2D eigenvalue weighted by Crippen LogP contribution is -2.48. The first-order valence-electron chi connectivity index (χ1n) is 7.84. The fraction of sp³-hybridized carbons (Fsp3) is 0.647. The molecule has 0 radical (unpaired) electrons. The monoisotopic (exact) mass is 292 g/mol. The van der Waals surface area contributed by atoms with Gasteiger partial charge in [-0.25, -0.2) is 0 Å². The Hall–Kier alpha value is -1.26. The molecule has 0 amide bonds. The first kappa shape index (κ1) is 16.1. The fourth-order valence-electron chi connectivity index (χ4n) is 3.05. The van der Waals surface area contributed by atoms with E-state index < -0.39 is 0 Å². The second-order valence-corrected chi connectivity index (χ2v) is 6.33. The molecule has 2 rings (SSSR count). The van der Waals surface area contributed by atoms with E-state index in [1.807, 2.05) is 12.1 Å². The molecule has 1 aliphatic rings. The van der Waals surface area contributed by atoms with E-state index in [1.165, 1.54) is 6.54 Å². The van der Waals surface area contributed by atoms with Crippen molar-refractivity contribution in [2.24, 2.45) is 5.92 Å². The number of ether oxygens (including phenoxy) is 1. The van der Waals surface area contributed by atoms with Gasteiger partial charge >= 0.3 is 0 Å². The van der Waals surface area contributed by atoms with E-state index in [0.717, 1.165) is 37.7 Å². The maximum absolute atomic E-state index is 10.2. The van der Waals surface area contributed by atoms with Crippen molar-refractivity contribution in [2.75, 3.05) is 39.8 Å². The van der Waals surface area contributed by atoms with Gasteiger partial charge in [0, 0.05) is 50.4 Å². The average Bonchev–Trinajstić information content (AvgIpc) is 2.46. The van der Waals surface area contributed by atoms with Gasteiger partial charge in [-0.15, -0.1) is 0 Å². The maximum Gasteiger partial charge on any atom is 0.124 e. The fourth-order valence-corrected chi connectivity index (χ4v) is 3.05. The number of aromatic hydroxyl groups is 1. The van der Waals surface area contributed by atoms with Crippen LogP contribution in [0.4, 0.5) is 0 Å². The lowest BCUT2D eigenvalue weighted by molar-refractivity contribution is 0.0938. The molecule has 1 fully saturated rings. The quantitative estimate of drug-likeness (QED) is 0.905. The molecule has 1 N–H and O–H groups in total. The third kappa shape index (κ3) is 4.11. The zero-order chi connectivity index (χ0) is 15.4. The van der Waals surface area contributed by atoms with Crippen molar-refractivity contribution in [1.82, 2.24) is 9.80 Å². The summed E-state index contributed by atoms with van der Waals surface area (Å²) in [6.07, 6.45) is 0. The van der Waals surface area contributed by atoms with Crippen molar-refractivity contribution < 1.29 is 9.84 Å². The van der Waals surface area contributed by atoms with Crippen LogP contribution in [0.3, 0.4) is 0 Å². The van der Waals surface area contributed by atoms with Gasteiger partial charge in [0.25, 0.3) is 0 Å². The predicted octanol–water partition coefficient (Wildman–Crippen LogP) is 2.74. The Kier molecular flexibility index (Phi) is 5.48. The van der Waals surface area contributed by atoms with Gasteiger partial charge < -0.3 is 14.7 Å². The summed E-state index contributed by atoms with van der Waals surface area (Å²) < 4.78 is 5.15. The van der Waals surface area contributed by atoms with Crippen LogP contribution < -0.4 is 4.74 Å². The molecular weight excluding hydrogens is 264 g/mol. The van der Waals surface area contributed by atoms with E-state index in [0.29, 0.717) is 11.5 Å². The van der Waals surface area contributed by atoms with E-state index in [4.69, 9.17) is 4.74 Å². The highest BCUT2D eigenvalue weighted by molar-refractivity contribution is 5.41. The Morgan fingerprint density at radius 1 is 1.14 bits per heavy atom. The zero-order valence-corrected chi connectivity index (χ0v) is 13.7. The van der Waals surface area contributed by atoms with Crippen molar-refractivity contribution in [3.8, 4) is 11.5 Å². The van der Waals surface area contributed by atoms with E-state index in [2.05, 4.69) is 30.6 Å². The molecule has 4 nitrogen and oxygen atoms in total. The third-order valence-electron chi connectivity index (χ3n) is 4.27. The van der Waals surface area contributed by atoms with Crippen LogP contribution in [0, 0.1) is 5.92 Å². The smallest absolute Gasteiger partial charge is 0.124 e. The third-order valence-corrected chi connectivity index (χ3v) is 4.27. The van der Waals surface area contributed by atoms with Gasteiger partial charge in [-0.05, 0) is 18.9 Å². The van der Waals surface area contributed by atoms with Crippen LogP contribution in [0.5, 0.6) is 11.5 Å². The van der Waals surface area contributed by atoms with Gasteiger partial charge in [0.1, 0.15) is 11.5 Å². The van der Waals surface area contributed by atoms with Crippen LogP contribution in [0.1, 0.15) is 32.4 Å². The molecule has 0 spiro atoms. The topological polar surface area (TPSA) is 35.9 Å². The van der Waals surface area contributed by atoms with Crippen LogP contribution in [-0.2, 0) is 0 Å². The molecule has 1 saturated heterocycles. The van der Waals surface area contributed by atoms with Crippen LogP contribution in [0.25, 0.3) is 0 Å². The van der Waals surface area contributed by atoms with E-state index in [-0.39, 0.29) is 6.04 Å². The summed E-state index contributed by atoms with van der Waals surface area (Å²) in [5.74, 6) is 1.75. The first-order valence-corrected chi connectivity index (χ1v) is 7.84. The molecule has 1 aromatic rings. The summed E-state index contributed by atoms with van der Waals surface area (Å²) in [5, 5.41) is 10.2. The minimum Gasteiger partial charge on any atom is -0.507 e. The predicted molar refractivity (Wildman–Crippen MR) is 85.9 cm³/mol. The van der Waals surface area contributed by atoms with E-state index in [9.17, 15) is 5.11 Å². The van der Waals surface area contributed by atoms with Gasteiger partial charge in [0.2, 0.25) is 0 Å². The zero-order valence-electron chi connectivity index (χ0n) is 13.7. The molecule has 1 unspecified atom stereocenters. The Morgan fingerprint density at radius 3 is 2.33 bits per heavy atom. The van der Waals surface area contributed by atoms with Crippen molar-refractivity contribution in [1.29, 1.82) is 0 Å². The number of phenols is 1. The number of nitrogens with zero attached hydrogens (tertiary/aromatic N) is 2. The summed E-state index contributed by atoms with van der Waals surface area (Å²) >= 11 is 0. The SMILES string of the molecule is COc1ccc(C(C)N2CCN(CC(C)C)CC2)c(O)c1. The van der Waals surface area contributed by atoms with Crippen molar-refractivity contribution in [3.05, 3.63) is 23.8 Å². The highest BCUT2D eigenvalue weighted by Crippen LogP contribution is 2.32. The van der Waals surface area contributed by atoms with Gasteiger partial charge in [-0.1, -0.05) is 19.9 Å². The number of hydrogen-bond acceptors (Lipinski definition) is 4. The largest absolute Gasteiger partial charge is 0.507 e. The van der Waals surface area contributed by atoms with Crippen molar-refractivity contribution in [2.45, 2.75) is 26.8 Å². The van der Waals surface area contributed by atoms with E-state index >= 15 is 0 Å². The Bertz CT molecular complexity index is 454. The van der Waals surface area contributed by atoms with Crippen LogP contribution in [0.15, 0.2) is 18.2 Å². The number of piperazine rings is 1. The molecular formula is C17H28N2O2. The van der Waals surface area contributed by atoms with Gasteiger partial charge in [-0.2, -0.15) is 0 Å². The minimum absolute atomic E-state index is 0.233. The highest BCUT2D eigenvalue weighted by Gasteiger charge is 2.24. The number of methoxy groups -OCH3 is 1. The van der Waals surface area contributed by atoms with Crippen LogP contribution in [-0.4, -0.2) is 54.7 Å². The van der Waals surface area contributed by atoms with Gasteiger partial charge in [-0.3, -0.25) is 4.90 Å². The van der Waals surface area contributed by atoms with Crippen LogP contribution >= 0.6 is 0 Å².